The lowest BCUT2D eigenvalue weighted by molar-refractivity contribution is -0.116. The van der Waals surface area contributed by atoms with E-state index in [1.807, 2.05) is 30.0 Å². The Bertz CT molecular complexity index is 842. The van der Waals surface area contributed by atoms with Gasteiger partial charge in [-0.1, -0.05) is 30.0 Å². The van der Waals surface area contributed by atoms with Gasteiger partial charge in [-0.2, -0.15) is 0 Å². The lowest BCUT2D eigenvalue weighted by Gasteiger charge is -2.22. The van der Waals surface area contributed by atoms with E-state index in [0.717, 1.165) is 49.0 Å². The number of rotatable bonds is 5. The molecule has 1 saturated heterocycles. The van der Waals surface area contributed by atoms with Gasteiger partial charge in [0, 0.05) is 24.0 Å². The number of fused-ring (bicyclic) bond motifs is 1. The molecule has 2 aliphatic heterocycles. The van der Waals surface area contributed by atoms with Gasteiger partial charge in [0.2, 0.25) is 5.91 Å². The Hall–Kier alpha value is -1.79. The van der Waals surface area contributed by atoms with E-state index in [9.17, 15) is 4.79 Å². The number of anilines is 1. The summed E-state index contributed by atoms with van der Waals surface area (Å²) in [6.45, 7) is 7.93. The molecule has 0 N–H and O–H groups in total. The van der Waals surface area contributed by atoms with Gasteiger partial charge in [0.1, 0.15) is 0 Å². The molecule has 0 unspecified atom stereocenters. The minimum atomic E-state index is 0.152. The molecule has 5 nitrogen and oxygen atoms in total. The third-order valence-electron chi connectivity index (χ3n) is 5.63. The van der Waals surface area contributed by atoms with Crippen molar-refractivity contribution in [1.29, 1.82) is 0 Å². The van der Waals surface area contributed by atoms with Crippen LogP contribution in [0.5, 0.6) is 0 Å². The fourth-order valence-corrected chi connectivity index (χ4v) is 5.04. The summed E-state index contributed by atoms with van der Waals surface area (Å²) in [5.74, 6) is 0.555. The Labute approximate surface area is 165 Å². The number of carbonyl (C=O) groups excluding carboxylic acids is 1. The van der Waals surface area contributed by atoms with Crippen molar-refractivity contribution in [3.8, 4) is 0 Å². The third kappa shape index (κ3) is 3.65. The van der Waals surface area contributed by atoms with Gasteiger partial charge in [0.15, 0.2) is 5.16 Å². The van der Waals surface area contributed by atoms with Gasteiger partial charge in [-0.15, -0.1) is 0 Å². The van der Waals surface area contributed by atoms with Crippen molar-refractivity contribution < 1.29 is 9.53 Å². The summed E-state index contributed by atoms with van der Waals surface area (Å²) in [4.78, 5) is 19.7. The molecule has 2 aliphatic rings. The van der Waals surface area contributed by atoms with Gasteiger partial charge in [0.05, 0.1) is 24.1 Å². The van der Waals surface area contributed by atoms with E-state index in [1.165, 1.54) is 11.3 Å². The number of aryl methyl sites for hydroxylation is 1. The molecule has 0 saturated carbocycles. The summed E-state index contributed by atoms with van der Waals surface area (Å²) in [6, 6.07) is 8.43. The van der Waals surface area contributed by atoms with E-state index >= 15 is 0 Å². The summed E-state index contributed by atoms with van der Waals surface area (Å²) in [5.41, 5.74) is 4.52. The Kier molecular flexibility index (Phi) is 5.28. The zero-order chi connectivity index (χ0) is 19.0. The van der Waals surface area contributed by atoms with Crippen molar-refractivity contribution >= 4 is 23.4 Å². The fourth-order valence-electron chi connectivity index (χ4n) is 4.08. The average molecular weight is 386 g/mol. The van der Waals surface area contributed by atoms with Crippen molar-refractivity contribution in [2.75, 3.05) is 17.3 Å². The van der Waals surface area contributed by atoms with Gasteiger partial charge in [-0.3, -0.25) is 4.79 Å². The lowest BCUT2D eigenvalue weighted by Crippen LogP contribution is -2.37. The average Bonchev–Trinajstić information content (AvgIpc) is 3.34. The molecule has 6 heteroatoms. The minimum absolute atomic E-state index is 0.152. The number of aromatic nitrogens is 2. The molecule has 1 amide bonds. The van der Waals surface area contributed by atoms with Crippen molar-refractivity contribution in [3.05, 3.63) is 41.2 Å². The Morgan fingerprint density at radius 1 is 1.33 bits per heavy atom. The Balaban J connectivity index is 1.47. The van der Waals surface area contributed by atoms with Crippen LogP contribution in [-0.4, -0.2) is 40.0 Å². The van der Waals surface area contributed by atoms with E-state index in [2.05, 4.69) is 24.5 Å². The van der Waals surface area contributed by atoms with Gasteiger partial charge in [-0.05, 0) is 51.7 Å². The molecule has 27 heavy (non-hydrogen) atoms. The number of para-hydroxylation sites is 1. The standard InChI is InChI=1S/C21H27N3O2S/c1-14-11-17-7-4-5-9-19(17)24(14)20(25)13-27-21-22-15(2)16(3)23(21)12-18-8-6-10-26-18/h4-5,7,9,14,18H,6,8,10-13H2,1-3H3/t14-,18+/m0/s1. The van der Waals surface area contributed by atoms with Crippen LogP contribution in [0, 0.1) is 13.8 Å². The maximum Gasteiger partial charge on any atom is 0.237 e. The molecule has 0 spiro atoms. The third-order valence-corrected chi connectivity index (χ3v) is 6.59. The first-order valence-electron chi connectivity index (χ1n) is 9.72. The summed E-state index contributed by atoms with van der Waals surface area (Å²) in [6.07, 6.45) is 3.42. The quantitative estimate of drug-likeness (QED) is 0.736. The van der Waals surface area contributed by atoms with Crippen molar-refractivity contribution in [1.82, 2.24) is 9.55 Å². The second kappa shape index (κ2) is 7.68. The summed E-state index contributed by atoms with van der Waals surface area (Å²) in [7, 11) is 0. The number of hydrogen-bond donors (Lipinski definition) is 0. The summed E-state index contributed by atoms with van der Waals surface area (Å²) < 4.78 is 8.03. The van der Waals surface area contributed by atoms with Crippen LogP contribution >= 0.6 is 11.8 Å². The van der Waals surface area contributed by atoms with Crippen LogP contribution < -0.4 is 4.90 Å². The fraction of sp³-hybridized carbons (Fsp3) is 0.524. The number of amides is 1. The van der Waals surface area contributed by atoms with Gasteiger partial charge < -0.3 is 14.2 Å². The van der Waals surface area contributed by atoms with E-state index < -0.39 is 0 Å². The lowest BCUT2D eigenvalue weighted by atomic mass is 10.1. The molecule has 1 aromatic carbocycles. The number of nitrogens with zero attached hydrogens (tertiary/aromatic N) is 3. The first kappa shape index (κ1) is 18.6. The van der Waals surface area contributed by atoms with Crippen LogP contribution in [0.4, 0.5) is 5.69 Å². The van der Waals surface area contributed by atoms with E-state index in [0.29, 0.717) is 5.75 Å². The number of imidazole rings is 1. The second-order valence-corrected chi connectivity index (χ2v) is 8.49. The minimum Gasteiger partial charge on any atom is -0.376 e. The molecule has 144 valence electrons. The maximum absolute atomic E-state index is 13.0. The number of benzene rings is 1. The van der Waals surface area contributed by atoms with Crippen LogP contribution in [0.2, 0.25) is 0 Å². The number of carbonyl (C=O) groups is 1. The normalized spacial score (nSPS) is 21.7. The first-order chi connectivity index (χ1) is 13.0. The monoisotopic (exact) mass is 385 g/mol. The zero-order valence-corrected chi connectivity index (χ0v) is 17.1. The molecule has 3 heterocycles. The Morgan fingerprint density at radius 2 is 2.15 bits per heavy atom. The highest BCUT2D eigenvalue weighted by Crippen LogP contribution is 2.33. The van der Waals surface area contributed by atoms with Crippen molar-refractivity contribution in [2.45, 2.75) is 63.9 Å². The molecule has 1 aromatic heterocycles. The van der Waals surface area contributed by atoms with Crippen molar-refractivity contribution in [2.24, 2.45) is 0 Å². The van der Waals surface area contributed by atoms with Crippen LogP contribution in [0.3, 0.4) is 0 Å². The van der Waals surface area contributed by atoms with Crippen LogP contribution in [0.25, 0.3) is 0 Å². The van der Waals surface area contributed by atoms with Crippen LogP contribution in [0.15, 0.2) is 29.4 Å². The van der Waals surface area contributed by atoms with Crippen molar-refractivity contribution in [3.63, 3.8) is 0 Å². The molecule has 0 bridgehead atoms. The van der Waals surface area contributed by atoms with E-state index in [1.54, 1.807) is 11.8 Å². The molecule has 1 fully saturated rings. The van der Waals surface area contributed by atoms with E-state index in [4.69, 9.17) is 9.72 Å². The van der Waals surface area contributed by atoms with Gasteiger partial charge in [0.25, 0.3) is 0 Å². The smallest absolute Gasteiger partial charge is 0.237 e. The van der Waals surface area contributed by atoms with Crippen LogP contribution in [0.1, 0.15) is 36.7 Å². The topological polar surface area (TPSA) is 47.4 Å². The molecule has 4 rings (SSSR count). The Morgan fingerprint density at radius 3 is 2.93 bits per heavy atom. The van der Waals surface area contributed by atoms with Gasteiger partial charge in [-0.25, -0.2) is 4.98 Å². The number of hydrogen-bond acceptors (Lipinski definition) is 4. The highest BCUT2D eigenvalue weighted by atomic mass is 32.2. The van der Waals surface area contributed by atoms with Crippen LogP contribution in [-0.2, 0) is 22.5 Å². The largest absolute Gasteiger partial charge is 0.376 e. The molecule has 0 radical (unpaired) electrons. The first-order valence-corrected chi connectivity index (χ1v) is 10.7. The molecular weight excluding hydrogens is 358 g/mol. The predicted octanol–water partition coefficient (Wildman–Crippen LogP) is 3.75. The highest BCUT2D eigenvalue weighted by molar-refractivity contribution is 7.99. The zero-order valence-electron chi connectivity index (χ0n) is 16.3. The summed E-state index contributed by atoms with van der Waals surface area (Å²) in [5, 5.41) is 0.925. The highest BCUT2D eigenvalue weighted by Gasteiger charge is 2.30. The maximum atomic E-state index is 13.0. The molecule has 0 aliphatic carbocycles. The van der Waals surface area contributed by atoms with Gasteiger partial charge >= 0.3 is 0 Å². The molecule has 2 aromatic rings. The SMILES string of the molecule is Cc1nc(SCC(=O)N2c3ccccc3C[C@@H]2C)n(C[C@H]2CCCO2)c1C. The molecular formula is C21H27N3O2S. The molecule has 2 atom stereocenters. The second-order valence-electron chi connectivity index (χ2n) is 7.55. The predicted molar refractivity (Wildman–Crippen MR) is 108 cm³/mol. The number of ether oxygens (including phenoxy) is 1. The van der Waals surface area contributed by atoms with E-state index in [-0.39, 0.29) is 18.1 Å². The number of thioether (sulfide) groups is 1. The summed E-state index contributed by atoms with van der Waals surface area (Å²) >= 11 is 1.54.